The summed E-state index contributed by atoms with van der Waals surface area (Å²) >= 11 is 7.37. The second kappa shape index (κ2) is 10.4. The van der Waals surface area contributed by atoms with Crippen LogP contribution in [0.4, 0.5) is 0 Å². The van der Waals surface area contributed by atoms with Crippen LogP contribution in [0.15, 0.2) is 46.7 Å². The van der Waals surface area contributed by atoms with Crippen molar-refractivity contribution in [3.05, 3.63) is 51.7 Å². The molecule has 1 aliphatic heterocycles. The Hall–Kier alpha value is -1.94. The van der Waals surface area contributed by atoms with Crippen LogP contribution in [0.5, 0.6) is 0 Å². The number of amides is 2. The molecule has 2 N–H and O–H groups in total. The van der Waals surface area contributed by atoms with Gasteiger partial charge in [-0.15, -0.1) is 11.3 Å². The van der Waals surface area contributed by atoms with Crippen LogP contribution >= 0.6 is 22.9 Å². The van der Waals surface area contributed by atoms with Crippen molar-refractivity contribution in [1.29, 1.82) is 0 Å². The van der Waals surface area contributed by atoms with Gasteiger partial charge in [-0.2, -0.15) is 4.31 Å². The van der Waals surface area contributed by atoms with E-state index in [1.807, 2.05) is 17.5 Å². The molecule has 2 amide bonds. The predicted octanol–water partition coefficient (Wildman–Crippen LogP) is 2.77. The van der Waals surface area contributed by atoms with Crippen molar-refractivity contribution in [2.24, 2.45) is 0 Å². The molecular formula is C20H24ClN3O4S2. The van der Waals surface area contributed by atoms with Gasteiger partial charge in [0.05, 0.1) is 11.4 Å². The van der Waals surface area contributed by atoms with E-state index in [9.17, 15) is 18.0 Å². The third kappa shape index (κ3) is 5.81. The summed E-state index contributed by atoms with van der Waals surface area (Å²) in [5.41, 5.74) is 0. The molecular weight excluding hydrogens is 446 g/mol. The zero-order valence-corrected chi connectivity index (χ0v) is 18.7. The highest BCUT2D eigenvalue weighted by atomic mass is 35.5. The van der Waals surface area contributed by atoms with Crippen LogP contribution in [0.2, 0.25) is 5.02 Å². The number of halogens is 1. The molecule has 2 heterocycles. The molecule has 1 atom stereocenters. The van der Waals surface area contributed by atoms with E-state index in [0.717, 1.165) is 17.7 Å². The number of hydrogen-bond donors (Lipinski definition) is 2. The fourth-order valence-corrected chi connectivity index (χ4v) is 5.91. The predicted molar refractivity (Wildman–Crippen MR) is 117 cm³/mol. The van der Waals surface area contributed by atoms with E-state index in [0.29, 0.717) is 31.0 Å². The fourth-order valence-electron chi connectivity index (χ4n) is 3.41. The highest BCUT2D eigenvalue weighted by molar-refractivity contribution is 7.89. The number of nitrogens with zero attached hydrogens (tertiary/aromatic N) is 1. The van der Waals surface area contributed by atoms with Crippen LogP contribution in [-0.2, 0) is 26.2 Å². The molecule has 7 nitrogen and oxygen atoms in total. The normalized spacial score (nSPS) is 17.4. The van der Waals surface area contributed by atoms with Gasteiger partial charge in [0.25, 0.3) is 0 Å². The first kappa shape index (κ1) is 22.7. The number of rotatable bonds is 7. The summed E-state index contributed by atoms with van der Waals surface area (Å²) in [6.07, 6.45) is 2.87. The lowest BCUT2D eigenvalue weighted by atomic mass is 10.0. The lowest BCUT2D eigenvalue weighted by Crippen LogP contribution is -2.46. The Bertz CT molecular complexity index is 962. The van der Waals surface area contributed by atoms with E-state index in [2.05, 4.69) is 10.6 Å². The molecule has 162 valence electrons. The molecule has 0 spiro atoms. The van der Waals surface area contributed by atoms with Gasteiger partial charge in [0, 0.05) is 29.0 Å². The summed E-state index contributed by atoms with van der Waals surface area (Å²) < 4.78 is 27.6. The number of thiophene rings is 1. The molecule has 2 aromatic rings. The molecule has 0 bridgehead atoms. The molecule has 0 radical (unpaired) electrons. The lowest BCUT2D eigenvalue weighted by molar-refractivity contribution is -0.139. The first-order valence-corrected chi connectivity index (χ1v) is 12.4. The maximum atomic E-state index is 13.0. The van der Waals surface area contributed by atoms with Crippen LogP contribution in [0.25, 0.3) is 0 Å². The van der Waals surface area contributed by atoms with Crippen molar-refractivity contribution in [3.8, 4) is 0 Å². The van der Waals surface area contributed by atoms with E-state index in [1.165, 1.54) is 27.8 Å². The number of sulfonamides is 1. The molecule has 3 rings (SSSR count). The van der Waals surface area contributed by atoms with Gasteiger partial charge in [-0.1, -0.05) is 24.1 Å². The standard InChI is InChI=1S/C20H24ClN3O4S2/c21-15-6-8-18(9-7-15)30(27,28)24-12-2-1-4-16(24)10-11-22-19(25)20(26)23-14-17-5-3-13-29-17/h3,5-9,13,16H,1-2,4,10-12,14H2,(H,22,25)(H,23,26). The Kier molecular flexibility index (Phi) is 7.87. The van der Waals surface area contributed by atoms with Crippen molar-refractivity contribution in [2.45, 2.75) is 43.2 Å². The first-order valence-electron chi connectivity index (χ1n) is 9.74. The number of piperidine rings is 1. The van der Waals surface area contributed by atoms with E-state index in [1.54, 1.807) is 12.1 Å². The molecule has 1 unspecified atom stereocenters. The molecule has 30 heavy (non-hydrogen) atoms. The van der Waals surface area contributed by atoms with Gasteiger partial charge in [0.2, 0.25) is 10.0 Å². The molecule has 1 aromatic heterocycles. The van der Waals surface area contributed by atoms with E-state index < -0.39 is 21.8 Å². The van der Waals surface area contributed by atoms with Gasteiger partial charge in [-0.3, -0.25) is 9.59 Å². The zero-order chi connectivity index (χ0) is 21.6. The number of carbonyl (C=O) groups excluding carboxylic acids is 2. The third-order valence-electron chi connectivity index (χ3n) is 4.97. The van der Waals surface area contributed by atoms with E-state index in [-0.39, 0.29) is 17.5 Å². The Labute approximate surface area is 185 Å². The quantitative estimate of drug-likeness (QED) is 0.609. The largest absolute Gasteiger partial charge is 0.348 e. The fraction of sp³-hybridized carbons (Fsp3) is 0.400. The number of benzene rings is 1. The molecule has 1 saturated heterocycles. The lowest BCUT2D eigenvalue weighted by Gasteiger charge is -2.34. The van der Waals surface area contributed by atoms with Crippen molar-refractivity contribution in [1.82, 2.24) is 14.9 Å². The average molecular weight is 470 g/mol. The van der Waals surface area contributed by atoms with Gasteiger partial charge >= 0.3 is 11.8 Å². The Morgan fingerprint density at radius 1 is 1.10 bits per heavy atom. The SMILES string of the molecule is O=C(NCCC1CCCCN1S(=O)(=O)c1ccc(Cl)cc1)C(=O)NCc1cccs1. The highest BCUT2D eigenvalue weighted by Gasteiger charge is 2.33. The maximum Gasteiger partial charge on any atom is 0.309 e. The van der Waals surface area contributed by atoms with Crippen LogP contribution in [0.1, 0.15) is 30.6 Å². The van der Waals surface area contributed by atoms with E-state index >= 15 is 0 Å². The number of carbonyl (C=O) groups is 2. The minimum Gasteiger partial charge on any atom is -0.348 e. The monoisotopic (exact) mass is 469 g/mol. The van der Waals surface area contributed by atoms with Crippen LogP contribution < -0.4 is 10.6 Å². The molecule has 1 fully saturated rings. The third-order valence-corrected chi connectivity index (χ3v) is 8.06. The second-order valence-corrected chi connectivity index (χ2v) is 10.4. The summed E-state index contributed by atoms with van der Waals surface area (Å²) in [7, 11) is -3.64. The first-order chi connectivity index (χ1) is 14.4. The minimum absolute atomic E-state index is 0.204. The summed E-state index contributed by atoms with van der Waals surface area (Å²) in [5.74, 6) is -1.41. The maximum absolute atomic E-state index is 13.0. The number of nitrogens with one attached hydrogen (secondary N) is 2. The Morgan fingerprint density at radius 2 is 1.83 bits per heavy atom. The zero-order valence-electron chi connectivity index (χ0n) is 16.3. The molecule has 10 heteroatoms. The summed E-state index contributed by atoms with van der Waals surface area (Å²) in [4.78, 5) is 25.1. The van der Waals surface area contributed by atoms with Crippen molar-refractivity contribution >= 4 is 44.8 Å². The van der Waals surface area contributed by atoms with Gasteiger partial charge < -0.3 is 10.6 Å². The highest BCUT2D eigenvalue weighted by Crippen LogP contribution is 2.27. The molecule has 1 aromatic carbocycles. The second-order valence-electron chi connectivity index (χ2n) is 7.03. The van der Waals surface area contributed by atoms with Crippen LogP contribution in [0.3, 0.4) is 0 Å². The van der Waals surface area contributed by atoms with Crippen molar-refractivity contribution in [3.63, 3.8) is 0 Å². The summed E-state index contributed by atoms with van der Waals surface area (Å²) in [6, 6.07) is 9.65. The molecule has 0 saturated carbocycles. The Balaban J connectivity index is 1.53. The van der Waals surface area contributed by atoms with Crippen molar-refractivity contribution in [2.75, 3.05) is 13.1 Å². The summed E-state index contributed by atoms with van der Waals surface area (Å²) in [5, 5.41) is 7.54. The van der Waals surface area contributed by atoms with Gasteiger partial charge in [-0.25, -0.2) is 8.42 Å². The van der Waals surface area contributed by atoms with Crippen molar-refractivity contribution < 1.29 is 18.0 Å². The molecule has 0 aliphatic carbocycles. The van der Waals surface area contributed by atoms with Crippen LogP contribution in [0, 0.1) is 0 Å². The molecule has 1 aliphatic rings. The van der Waals surface area contributed by atoms with Gasteiger partial charge in [-0.05, 0) is 55.0 Å². The topological polar surface area (TPSA) is 95.6 Å². The van der Waals surface area contributed by atoms with Gasteiger partial charge in [0.1, 0.15) is 0 Å². The smallest absolute Gasteiger partial charge is 0.309 e. The van der Waals surface area contributed by atoms with E-state index in [4.69, 9.17) is 11.6 Å². The summed E-state index contributed by atoms with van der Waals surface area (Å²) in [6.45, 7) is 0.965. The van der Waals surface area contributed by atoms with Gasteiger partial charge in [0.15, 0.2) is 0 Å². The van der Waals surface area contributed by atoms with Crippen LogP contribution in [-0.4, -0.2) is 43.7 Å². The average Bonchev–Trinajstić information content (AvgIpc) is 3.26. The number of hydrogen-bond acceptors (Lipinski definition) is 5. The Morgan fingerprint density at radius 3 is 2.53 bits per heavy atom. The minimum atomic E-state index is -3.64.